The van der Waals surface area contributed by atoms with Gasteiger partial charge in [0, 0.05) is 30.9 Å². The van der Waals surface area contributed by atoms with Crippen LogP contribution >= 0.6 is 0 Å². The predicted octanol–water partition coefficient (Wildman–Crippen LogP) is 2.38. The number of aromatic nitrogens is 2. The summed E-state index contributed by atoms with van der Waals surface area (Å²) >= 11 is 0. The number of amides is 1. The SMILES string of the molecule is CNC1CCCN(C(=O)c2nn(-c3cccc(C(F)(F)F)c3)c(C)cc2=O)C1. The van der Waals surface area contributed by atoms with Crippen molar-refractivity contribution >= 4 is 5.91 Å². The molecule has 3 rings (SSSR count). The number of aryl methyl sites for hydroxylation is 1. The molecule has 28 heavy (non-hydrogen) atoms. The summed E-state index contributed by atoms with van der Waals surface area (Å²) in [5.74, 6) is -0.509. The Labute approximate surface area is 160 Å². The number of carbonyl (C=O) groups is 1. The van der Waals surface area contributed by atoms with Crippen LogP contribution in [0.15, 0.2) is 35.1 Å². The van der Waals surface area contributed by atoms with Crippen molar-refractivity contribution in [3.05, 3.63) is 57.5 Å². The smallest absolute Gasteiger partial charge is 0.336 e. The van der Waals surface area contributed by atoms with Crippen LogP contribution in [0.2, 0.25) is 0 Å². The van der Waals surface area contributed by atoms with Crippen LogP contribution in [0, 0.1) is 6.92 Å². The van der Waals surface area contributed by atoms with E-state index < -0.39 is 23.1 Å². The Morgan fingerprint density at radius 1 is 1.29 bits per heavy atom. The van der Waals surface area contributed by atoms with Crippen molar-refractivity contribution < 1.29 is 18.0 Å². The summed E-state index contributed by atoms with van der Waals surface area (Å²) in [6, 6.07) is 5.97. The minimum atomic E-state index is -4.50. The topological polar surface area (TPSA) is 67.2 Å². The first-order valence-corrected chi connectivity index (χ1v) is 8.96. The highest BCUT2D eigenvalue weighted by atomic mass is 19.4. The molecule has 150 valence electrons. The number of nitrogens with one attached hydrogen (secondary N) is 1. The molecular weight excluding hydrogens is 373 g/mol. The standard InChI is InChI=1S/C19H21F3N4O2/c1-12-9-16(27)17(18(28)25-8-4-6-14(11-25)23-2)24-26(12)15-7-3-5-13(10-15)19(20,21)22/h3,5,7,9-10,14,23H,4,6,8,11H2,1-2H3. The van der Waals surface area contributed by atoms with Gasteiger partial charge in [-0.15, -0.1) is 0 Å². The highest BCUT2D eigenvalue weighted by molar-refractivity contribution is 5.92. The van der Waals surface area contributed by atoms with Gasteiger partial charge < -0.3 is 10.2 Å². The second-order valence-corrected chi connectivity index (χ2v) is 6.84. The van der Waals surface area contributed by atoms with Gasteiger partial charge in [-0.2, -0.15) is 18.3 Å². The maximum Gasteiger partial charge on any atom is 0.416 e. The number of hydrogen-bond donors (Lipinski definition) is 1. The first-order valence-electron chi connectivity index (χ1n) is 8.96. The molecule has 1 N–H and O–H groups in total. The number of piperidine rings is 1. The molecule has 1 aromatic carbocycles. The van der Waals surface area contributed by atoms with Crippen molar-refractivity contribution in [2.45, 2.75) is 32.0 Å². The third-order valence-corrected chi connectivity index (χ3v) is 4.84. The molecule has 1 aliphatic heterocycles. The largest absolute Gasteiger partial charge is 0.416 e. The van der Waals surface area contributed by atoms with Crippen LogP contribution in [0.1, 0.15) is 34.6 Å². The van der Waals surface area contributed by atoms with E-state index in [2.05, 4.69) is 10.4 Å². The van der Waals surface area contributed by atoms with E-state index in [1.165, 1.54) is 22.9 Å². The van der Waals surface area contributed by atoms with Gasteiger partial charge in [0.15, 0.2) is 5.69 Å². The van der Waals surface area contributed by atoms with Crippen molar-refractivity contribution in [1.29, 1.82) is 0 Å². The highest BCUT2D eigenvalue weighted by Gasteiger charge is 2.31. The van der Waals surface area contributed by atoms with Gasteiger partial charge in [0.1, 0.15) is 0 Å². The van der Waals surface area contributed by atoms with Gasteiger partial charge in [0.2, 0.25) is 5.43 Å². The lowest BCUT2D eigenvalue weighted by Gasteiger charge is -2.32. The van der Waals surface area contributed by atoms with Crippen LogP contribution in [-0.4, -0.2) is 46.8 Å². The van der Waals surface area contributed by atoms with E-state index in [-0.39, 0.29) is 17.4 Å². The van der Waals surface area contributed by atoms with Crippen molar-refractivity contribution in [2.24, 2.45) is 0 Å². The van der Waals surface area contributed by atoms with Gasteiger partial charge in [-0.3, -0.25) is 9.59 Å². The molecule has 1 unspecified atom stereocenters. The number of nitrogens with zero attached hydrogens (tertiary/aromatic N) is 3. The fourth-order valence-corrected chi connectivity index (χ4v) is 3.32. The number of likely N-dealkylation sites (N-methyl/N-ethyl adjacent to an activating group) is 1. The number of alkyl halides is 3. The Balaban J connectivity index is 2.00. The number of likely N-dealkylation sites (tertiary alicyclic amines) is 1. The molecule has 0 bridgehead atoms. The van der Waals surface area contributed by atoms with Gasteiger partial charge in [0.05, 0.1) is 11.3 Å². The lowest BCUT2D eigenvalue weighted by molar-refractivity contribution is -0.137. The van der Waals surface area contributed by atoms with E-state index in [0.717, 1.165) is 25.0 Å². The van der Waals surface area contributed by atoms with Gasteiger partial charge in [-0.1, -0.05) is 6.07 Å². The summed E-state index contributed by atoms with van der Waals surface area (Å²) in [6.45, 7) is 2.52. The van der Waals surface area contributed by atoms with Crippen molar-refractivity contribution in [1.82, 2.24) is 20.0 Å². The molecule has 0 spiro atoms. The Morgan fingerprint density at radius 3 is 2.71 bits per heavy atom. The molecule has 2 heterocycles. The predicted molar refractivity (Wildman–Crippen MR) is 97.6 cm³/mol. The van der Waals surface area contributed by atoms with Gasteiger partial charge in [-0.05, 0) is 45.0 Å². The zero-order valence-corrected chi connectivity index (χ0v) is 15.6. The van der Waals surface area contributed by atoms with Crippen LogP contribution < -0.4 is 10.7 Å². The molecule has 1 aliphatic rings. The number of rotatable bonds is 3. The summed E-state index contributed by atoms with van der Waals surface area (Å²) in [7, 11) is 1.81. The number of halogens is 3. The first kappa shape index (κ1) is 20.1. The highest BCUT2D eigenvalue weighted by Crippen LogP contribution is 2.30. The Bertz CT molecular complexity index is 940. The third-order valence-electron chi connectivity index (χ3n) is 4.84. The van der Waals surface area contributed by atoms with E-state index in [9.17, 15) is 22.8 Å². The Kier molecular flexibility index (Phi) is 5.55. The molecule has 0 aliphatic carbocycles. The minimum absolute atomic E-state index is 0.133. The van der Waals surface area contributed by atoms with Crippen molar-refractivity contribution in [2.75, 3.05) is 20.1 Å². The molecule has 6 nitrogen and oxygen atoms in total. The molecule has 1 aromatic heterocycles. The molecule has 0 radical (unpaired) electrons. The molecule has 1 fully saturated rings. The Morgan fingerprint density at radius 2 is 2.04 bits per heavy atom. The van der Waals surface area contributed by atoms with Gasteiger partial charge >= 0.3 is 6.18 Å². The average molecular weight is 394 g/mol. The van der Waals surface area contributed by atoms with Gasteiger partial charge in [-0.25, -0.2) is 4.68 Å². The van der Waals surface area contributed by atoms with Crippen molar-refractivity contribution in [3.8, 4) is 5.69 Å². The zero-order valence-electron chi connectivity index (χ0n) is 15.6. The van der Waals surface area contributed by atoms with E-state index in [1.54, 1.807) is 11.8 Å². The van der Waals surface area contributed by atoms with E-state index in [4.69, 9.17) is 0 Å². The molecule has 9 heteroatoms. The average Bonchev–Trinajstić information content (AvgIpc) is 2.67. The van der Waals surface area contributed by atoms with Gasteiger partial charge in [0.25, 0.3) is 5.91 Å². The summed E-state index contributed by atoms with van der Waals surface area (Å²) < 4.78 is 40.3. The zero-order chi connectivity index (χ0) is 20.5. The summed E-state index contributed by atoms with van der Waals surface area (Å²) in [5.41, 5.74) is -1.19. The normalized spacial score (nSPS) is 17.6. The Hall–Kier alpha value is -2.68. The fraction of sp³-hybridized carbons (Fsp3) is 0.421. The fourth-order valence-electron chi connectivity index (χ4n) is 3.32. The first-order chi connectivity index (χ1) is 13.2. The van der Waals surface area contributed by atoms with Crippen LogP contribution in [0.4, 0.5) is 13.2 Å². The molecule has 1 saturated heterocycles. The lowest BCUT2D eigenvalue weighted by Crippen LogP contribution is -2.48. The molecule has 0 saturated carbocycles. The molecule has 1 atom stereocenters. The van der Waals surface area contributed by atoms with E-state index >= 15 is 0 Å². The quantitative estimate of drug-likeness (QED) is 0.868. The minimum Gasteiger partial charge on any atom is -0.336 e. The van der Waals surface area contributed by atoms with Crippen LogP contribution in [-0.2, 0) is 6.18 Å². The number of carbonyl (C=O) groups excluding carboxylic acids is 1. The maximum atomic E-state index is 13.0. The van der Waals surface area contributed by atoms with Crippen molar-refractivity contribution in [3.63, 3.8) is 0 Å². The summed E-state index contributed by atoms with van der Waals surface area (Å²) in [5, 5.41) is 7.23. The van der Waals surface area contributed by atoms with Crippen LogP contribution in [0.3, 0.4) is 0 Å². The van der Waals surface area contributed by atoms with E-state index in [0.29, 0.717) is 18.8 Å². The maximum absolute atomic E-state index is 13.0. The molecular formula is C19H21F3N4O2. The van der Waals surface area contributed by atoms with E-state index in [1.807, 2.05) is 7.05 Å². The molecule has 2 aromatic rings. The van der Waals surface area contributed by atoms with Crippen LogP contribution in [0.5, 0.6) is 0 Å². The van der Waals surface area contributed by atoms with Crippen LogP contribution in [0.25, 0.3) is 5.69 Å². The second-order valence-electron chi connectivity index (χ2n) is 6.84. The third kappa shape index (κ3) is 4.09. The lowest BCUT2D eigenvalue weighted by atomic mass is 10.1. The second kappa shape index (κ2) is 7.75. The number of benzene rings is 1. The number of hydrogen-bond acceptors (Lipinski definition) is 4. The summed E-state index contributed by atoms with van der Waals surface area (Å²) in [6.07, 6.45) is -2.78. The monoisotopic (exact) mass is 394 g/mol. The molecule has 1 amide bonds. The summed E-state index contributed by atoms with van der Waals surface area (Å²) in [4.78, 5) is 26.8.